The molecule has 0 bridgehead atoms. The third-order valence-corrected chi connectivity index (χ3v) is 4.99. The average molecular weight is 268 g/mol. The minimum Gasteiger partial charge on any atom is -0.508 e. The number of fused-ring (bicyclic) bond motifs is 1. The van der Waals surface area contributed by atoms with Crippen LogP contribution in [0.4, 0.5) is 0 Å². The van der Waals surface area contributed by atoms with E-state index >= 15 is 0 Å². The van der Waals surface area contributed by atoms with E-state index in [1.807, 2.05) is 24.3 Å². The lowest BCUT2D eigenvalue weighted by atomic mass is 9.62. The van der Waals surface area contributed by atoms with Gasteiger partial charge in [-0.3, -0.25) is 0 Å². The van der Waals surface area contributed by atoms with Crippen molar-refractivity contribution in [2.24, 2.45) is 0 Å². The van der Waals surface area contributed by atoms with Crippen LogP contribution in [0.1, 0.15) is 42.9 Å². The van der Waals surface area contributed by atoms with Crippen LogP contribution in [0.25, 0.3) is 0 Å². The van der Waals surface area contributed by atoms with Gasteiger partial charge in [-0.25, -0.2) is 0 Å². The molecule has 0 spiro atoms. The molecule has 3 rings (SSSR count). The molecule has 0 radical (unpaired) electrons. The lowest BCUT2D eigenvalue weighted by molar-refractivity contribution is 0.343. The number of hydrogen-bond donors (Lipinski definition) is 2. The fourth-order valence-corrected chi connectivity index (χ4v) is 3.42. The van der Waals surface area contributed by atoms with Crippen LogP contribution in [0.3, 0.4) is 0 Å². The molecule has 1 aliphatic carbocycles. The minimum absolute atomic E-state index is 0.0671. The summed E-state index contributed by atoms with van der Waals surface area (Å²) in [5, 5.41) is 19.1. The highest BCUT2D eigenvalue weighted by Crippen LogP contribution is 2.47. The van der Waals surface area contributed by atoms with Crippen LogP contribution in [0.15, 0.2) is 42.5 Å². The molecule has 2 atom stereocenters. The smallest absolute Gasteiger partial charge is 0.115 e. The Balaban J connectivity index is 2.04. The third-order valence-electron chi connectivity index (χ3n) is 4.99. The molecule has 20 heavy (non-hydrogen) atoms. The predicted octanol–water partition coefficient (Wildman–Crippen LogP) is 4.11. The molecular weight excluding hydrogens is 248 g/mol. The SMILES string of the molecule is CC1c2ccc(O)cc2CCC1(C)c1ccc(O)cc1. The van der Waals surface area contributed by atoms with Gasteiger partial charge in [-0.2, -0.15) is 0 Å². The second kappa shape index (κ2) is 4.55. The Bertz CT molecular complexity index is 630. The Morgan fingerprint density at radius 1 is 1.00 bits per heavy atom. The van der Waals surface area contributed by atoms with E-state index in [-0.39, 0.29) is 5.41 Å². The van der Waals surface area contributed by atoms with Crippen LogP contribution in [0, 0.1) is 0 Å². The summed E-state index contributed by atoms with van der Waals surface area (Å²) in [6.45, 7) is 4.54. The van der Waals surface area contributed by atoms with Crippen LogP contribution in [-0.4, -0.2) is 10.2 Å². The van der Waals surface area contributed by atoms with E-state index in [1.54, 1.807) is 18.2 Å². The average Bonchev–Trinajstić information content (AvgIpc) is 2.44. The van der Waals surface area contributed by atoms with Crippen LogP contribution in [0.5, 0.6) is 11.5 Å². The van der Waals surface area contributed by atoms with E-state index in [1.165, 1.54) is 16.7 Å². The van der Waals surface area contributed by atoms with Gasteiger partial charge in [-0.1, -0.05) is 32.0 Å². The molecular formula is C18H20O2. The van der Waals surface area contributed by atoms with E-state index < -0.39 is 0 Å². The standard InChI is InChI=1S/C18H20O2/c1-12-17-8-7-16(20)11-13(17)9-10-18(12,2)14-3-5-15(19)6-4-14/h3-8,11-12,19-20H,9-10H2,1-2H3. The molecule has 104 valence electrons. The summed E-state index contributed by atoms with van der Waals surface area (Å²) in [5.41, 5.74) is 3.91. The first-order valence-electron chi connectivity index (χ1n) is 7.12. The van der Waals surface area contributed by atoms with Crippen molar-refractivity contribution >= 4 is 0 Å². The topological polar surface area (TPSA) is 40.5 Å². The maximum atomic E-state index is 9.62. The van der Waals surface area contributed by atoms with E-state index in [9.17, 15) is 10.2 Å². The molecule has 0 saturated carbocycles. The molecule has 0 saturated heterocycles. The highest BCUT2D eigenvalue weighted by atomic mass is 16.3. The van der Waals surface area contributed by atoms with Gasteiger partial charge in [-0.05, 0) is 65.1 Å². The van der Waals surface area contributed by atoms with Gasteiger partial charge in [0, 0.05) is 0 Å². The van der Waals surface area contributed by atoms with Gasteiger partial charge in [0.25, 0.3) is 0 Å². The fraction of sp³-hybridized carbons (Fsp3) is 0.333. The zero-order valence-corrected chi connectivity index (χ0v) is 11.9. The van der Waals surface area contributed by atoms with Crippen LogP contribution >= 0.6 is 0 Å². The largest absolute Gasteiger partial charge is 0.508 e. The molecule has 0 aromatic heterocycles. The van der Waals surface area contributed by atoms with E-state index in [2.05, 4.69) is 13.8 Å². The van der Waals surface area contributed by atoms with Crippen molar-refractivity contribution < 1.29 is 10.2 Å². The van der Waals surface area contributed by atoms with Crippen LogP contribution in [-0.2, 0) is 11.8 Å². The van der Waals surface area contributed by atoms with Crippen LogP contribution in [0.2, 0.25) is 0 Å². The van der Waals surface area contributed by atoms with Gasteiger partial charge in [-0.15, -0.1) is 0 Å². The quantitative estimate of drug-likeness (QED) is 0.817. The summed E-state index contributed by atoms with van der Waals surface area (Å²) in [7, 11) is 0. The second-order valence-electron chi connectivity index (χ2n) is 6.07. The van der Waals surface area contributed by atoms with Crippen molar-refractivity contribution in [2.75, 3.05) is 0 Å². The first-order chi connectivity index (χ1) is 9.50. The van der Waals surface area contributed by atoms with Gasteiger partial charge in [0.1, 0.15) is 11.5 Å². The normalized spacial score (nSPS) is 25.2. The molecule has 2 aromatic carbocycles. The number of hydrogen-bond acceptors (Lipinski definition) is 2. The molecule has 1 aliphatic rings. The molecule has 2 unspecified atom stereocenters. The first-order valence-corrected chi connectivity index (χ1v) is 7.12. The number of aryl methyl sites for hydroxylation is 1. The maximum Gasteiger partial charge on any atom is 0.115 e. The number of rotatable bonds is 1. The lowest BCUT2D eigenvalue weighted by Crippen LogP contribution is -2.33. The first kappa shape index (κ1) is 13.0. The number of phenolic OH excluding ortho intramolecular Hbond substituents is 2. The second-order valence-corrected chi connectivity index (χ2v) is 6.07. The molecule has 0 heterocycles. The molecule has 2 heteroatoms. The molecule has 2 aromatic rings. The summed E-state index contributed by atoms with van der Waals surface area (Å²) in [6, 6.07) is 13.3. The molecule has 0 fully saturated rings. The van der Waals surface area contributed by atoms with Crippen molar-refractivity contribution in [1.82, 2.24) is 0 Å². The van der Waals surface area contributed by atoms with E-state index in [0.29, 0.717) is 17.4 Å². The Hall–Kier alpha value is -1.96. The maximum absolute atomic E-state index is 9.62. The summed E-state index contributed by atoms with van der Waals surface area (Å²) in [5.74, 6) is 1.05. The minimum atomic E-state index is 0.0671. The van der Waals surface area contributed by atoms with Crippen molar-refractivity contribution in [3.8, 4) is 11.5 Å². The van der Waals surface area contributed by atoms with Crippen molar-refractivity contribution in [3.05, 3.63) is 59.2 Å². The van der Waals surface area contributed by atoms with Gasteiger partial charge < -0.3 is 10.2 Å². The number of phenols is 2. The Morgan fingerprint density at radius 3 is 2.35 bits per heavy atom. The molecule has 0 aliphatic heterocycles. The summed E-state index contributed by atoms with van der Waals surface area (Å²) in [4.78, 5) is 0. The zero-order chi connectivity index (χ0) is 14.3. The monoisotopic (exact) mass is 268 g/mol. The van der Waals surface area contributed by atoms with Crippen LogP contribution < -0.4 is 0 Å². The van der Waals surface area contributed by atoms with Gasteiger partial charge in [0.2, 0.25) is 0 Å². The van der Waals surface area contributed by atoms with Gasteiger partial charge in [0.15, 0.2) is 0 Å². The van der Waals surface area contributed by atoms with Gasteiger partial charge >= 0.3 is 0 Å². The predicted molar refractivity (Wildman–Crippen MR) is 80.3 cm³/mol. The summed E-state index contributed by atoms with van der Waals surface area (Å²) in [6.07, 6.45) is 2.03. The lowest BCUT2D eigenvalue weighted by Gasteiger charge is -2.41. The Labute approximate surface area is 119 Å². The number of benzene rings is 2. The van der Waals surface area contributed by atoms with Gasteiger partial charge in [0.05, 0.1) is 0 Å². The highest BCUT2D eigenvalue weighted by Gasteiger charge is 2.38. The third kappa shape index (κ3) is 1.96. The molecule has 2 N–H and O–H groups in total. The van der Waals surface area contributed by atoms with Crippen molar-refractivity contribution in [1.29, 1.82) is 0 Å². The summed E-state index contributed by atoms with van der Waals surface area (Å²) >= 11 is 0. The summed E-state index contributed by atoms with van der Waals surface area (Å²) < 4.78 is 0. The number of aromatic hydroxyl groups is 2. The Kier molecular flexibility index (Phi) is 2.97. The molecule has 2 nitrogen and oxygen atoms in total. The van der Waals surface area contributed by atoms with E-state index in [4.69, 9.17) is 0 Å². The highest BCUT2D eigenvalue weighted by molar-refractivity contribution is 5.44. The van der Waals surface area contributed by atoms with Crippen molar-refractivity contribution in [3.63, 3.8) is 0 Å². The van der Waals surface area contributed by atoms with E-state index in [0.717, 1.165) is 12.8 Å². The molecule has 0 amide bonds. The Morgan fingerprint density at radius 2 is 1.65 bits per heavy atom. The zero-order valence-electron chi connectivity index (χ0n) is 11.9. The van der Waals surface area contributed by atoms with Crippen molar-refractivity contribution in [2.45, 2.75) is 38.0 Å². The fourth-order valence-electron chi connectivity index (χ4n) is 3.42.